The Morgan fingerprint density at radius 3 is 2.69 bits per heavy atom. The van der Waals surface area contributed by atoms with Crippen LogP contribution in [0.3, 0.4) is 0 Å². The van der Waals surface area contributed by atoms with Crippen LogP contribution in [0.15, 0.2) is 48.9 Å². The molecule has 0 bridgehead atoms. The molecule has 0 atom stereocenters. The Bertz CT molecular complexity index is 567. The van der Waals surface area contributed by atoms with E-state index in [2.05, 4.69) is 20.3 Å². The highest BCUT2D eigenvalue weighted by atomic mass is 15.3. The summed E-state index contributed by atoms with van der Waals surface area (Å²) in [5.74, 6) is 0.676. The fourth-order valence-corrected chi connectivity index (χ4v) is 1.51. The van der Waals surface area contributed by atoms with Gasteiger partial charge in [0.15, 0.2) is 5.82 Å². The van der Waals surface area contributed by atoms with Crippen LogP contribution in [0.5, 0.6) is 0 Å². The maximum Gasteiger partial charge on any atom is 0.181 e. The first kappa shape index (κ1) is 8.84. The van der Waals surface area contributed by atoms with Gasteiger partial charge in [0.05, 0.1) is 5.69 Å². The standard InChI is InChI=1S/C11H9N5/c1-2-4-9(5-3-1)16-7-6-10(15-16)11-12-8-13-14-11/h1-8H,(H,12,13,14). The van der Waals surface area contributed by atoms with E-state index in [1.54, 1.807) is 4.68 Å². The van der Waals surface area contributed by atoms with Crippen molar-refractivity contribution in [2.24, 2.45) is 0 Å². The van der Waals surface area contributed by atoms with Crippen molar-refractivity contribution in [3.05, 3.63) is 48.9 Å². The first-order chi connectivity index (χ1) is 7.93. The molecule has 2 aromatic heterocycles. The van der Waals surface area contributed by atoms with E-state index in [1.165, 1.54) is 6.33 Å². The van der Waals surface area contributed by atoms with Gasteiger partial charge in [0.1, 0.15) is 12.0 Å². The number of nitrogens with zero attached hydrogens (tertiary/aromatic N) is 4. The molecule has 0 saturated heterocycles. The molecule has 3 aromatic rings. The molecule has 5 heteroatoms. The van der Waals surface area contributed by atoms with Crippen molar-refractivity contribution in [3.63, 3.8) is 0 Å². The molecule has 16 heavy (non-hydrogen) atoms. The third-order valence-electron chi connectivity index (χ3n) is 2.27. The van der Waals surface area contributed by atoms with Crippen LogP contribution in [0.25, 0.3) is 17.2 Å². The predicted molar refractivity (Wildman–Crippen MR) is 58.9 cm³/mol. The van der Waals surface area contributed by atoms with Crippen LogP contribution in [0.2, 0.25) is 0 Å². The minimum absolute atomic E-state index is 0.676. The quantitative estimate of drug-likeness (QED) is 0.701. The van der Waals surface area contributed by atoms with E-state index in [1.807, 2.05) is 42.6 Å². The van der Waals surface area contributed by atoms with Crippen LogP contribution in [0.1, 0.15) is 0 Å². The van der Waals surface area contributed by atoms with Crippen molar-refractivity contribution in [2.75, 3.05) is 0 Å². The molecule has 0 saturated carbocycles. The molecular weight excluding hydrogens is 202 g/mol. The summed E-state index contributed by atoms with van der Waals surface area (Å²) in [6.07, 6.45) is 3.43. The second-order valence-electron chi connectivity index (χ2n) is 3.32. The molecule has 0 aliphatic rings. The van der Waals surface area contributed by atoms with Crippen molar-refractivity contribution in [2.45, 2.75) is 0 Å². The normalized spacial score (nSPS) is 10.5. The van der Waals surface area contributed by atoms with Gasteiger partial charge in [-0.2, -0.15) is 5.10 Å². The Morgan fingerprint density at radius 1 is 1.06 bits per heavy atom. The number of hydrogen-bond acceptors (Lipinski definition) is 3. The number of aromatic amines is 1. The smallest absolute Gasteiger partial charge is 0.181 e. The maximum atomic E-state index is 4.41. The van der Waals surface area contributed by atoms with Crippen LogP contribution in [-0.2, 0) is 0 Å². The van der Waals surface area contributed by atoms with Crippen molar-refractivity contribution in [1.29, 1.82) is 0 Å². The molecule has 1 aromatic carbocycles. The Labute approximate surface area is 91.8 Å². The SMILES string of the molecule is c1ccc(-n2ccc(-c3nnc[nH]3)n2)cc1. The molecule has 1 N–H and O–H groups in total. The summed E-state index contributed by atoms with van der Waals surface area (Å²) in [5.41, 5.74) is 1.80. The fourth-order valence-electron chi connectivity index (χ4n) is 1.51. The molecular formula is C11H9N5. The lowest BCUT2D eigenvalue weighted by Crippen LogP contribution is -1.94. The highest BCUT2D eigenvalue weighted by Gasteiger charge is 2.05. The van der Waals surface area contributed by atoms with Gasteiger partial charge < -0.3 is 4.98 Å². The van der Waals surface area contributed by atoms with E-state index < -0.39 is 0 Å². The van der Waals surface area contributed by atoms with Gasteiger partial charge in [-0.1, -0.05) is 18.2 Å². The number of para-hydroxylation sites is 1. The average molecular weight is 211 g/mol. The van der Waals surface area contributed by atoms with Gasteiger partial charge in [-0.3, -0.25) is 0 Å². The van der Waals surface area contributed by atoms with Crippen LogP contribution in [0, 0.1) is 0 Å². The third kappa shape index (κ3) is 1.48. The number of benzene rings is 1. The first-order valence-electron chi connectivity index (χ1n) is 4.91. The number of aromatic nitrogens is 5. The predicted octanol–water partition coefficient (Wildman–Crippen LogP) is 1.66. The summed E-state index contributed by atoms with van der Waals surface area (Å²) >= 11 is 0. The van der Waals surface area contributed by atoms with Crippen LogP contribution < -0.4 is 0 Å². The zero-order valence-electron chi connectivity index (χ0n) is 8.41. The lowest BCUT2D eigenvalue weighted by molar-refractivity contribution is 0.880. The van der Waals surface area contributed by atoms with Crippen molar-refractivity contribution >= 4 is 0 Å². The molecule has 78 valence electrons. The average Bonchev–Trinajstić information content (AvgIpc) is 3.01. The van der Waals surface area contributed by atoms with Gasteiger partial charge in [-0.25, -0.2) is 4.68 Å². The molecule has 0 radical (unpaired) electrons. The summed E-state index contributed by atoms with van der Waals surface area (Å²) in [7, 11) is 0. The summed E-state index contributed by atoms with van der Waals surface area (Å²) in [6.45, 7) is 0. The van der Waals surface area contributed by atoms with Gasteiger partial charge in [0, 0.05) is 6.20 Å². The summed E-state index contributed by atoms with van der Waals surface area (Å²) < 4.78 is 1.80. The fraction of sp³-hybridized carbons (Fsp3) is 0. The van der Waals surface area contributed by atoms with E-state index in [4.69, 9.17) is 0 Å². The topological polar surface area (TPSA) is 59.4 Å². The summed E-state index contributed by atoms with van der Waals surface area (Å²) in [4.78, 5) is 2.92. The van der Waals surface area contributed by atoms with E-state index in [-0.39, 0.29) is 0 Å². The van der Waals surface area contributed by atoms with Crippen LogP contribution in [-0.4, -0.2) is 25.0 Å². The molecule has 2 heterocycles. The number of rotatable bonds is 2. The third-order valence-corrected chi connectivity index (χ3v) is 2.27. The highest BCUT2D eigenvalue weighted by molar-refractivity contribution is 5.48. The monoisotopic (exact) mass is 211 g/mol. The van der Waals surface area contributed by atoms with Gasteiger partial charge in [0.25, 0.3) is 0 Å². The van der Waals surface area contributed by atoms with Crippen molar-refractivity contribution in [1.82, 2.24) is 25.0 Å². The molecule has 0 amide bonds. The van der Waals surface area contributed by atoms with Crippen LogP contribution in [0.4, 0.5) is 0 Å². The lowest BCUT2D eigenvalue weighted by Gasteiger charge is -1.98. The van der Waals surface area contributed by atoms with Gasteiger partial charge in [0.2, 0.25) is 0 Å². The van der Waals surface area contributed by atoms with E-state index >= 15 is 0 Å². The number of H-pyrrole nitrogens is 1. The Balaban J connectivity index is 2.00. The zero-order chi connectivity index (χ0) is 10.8. The molecule has 0 aliphatic carbocycles. The molecule has 0 spiro atoms. The second-order valence-corrected chi connectivity index (χ2v) is 3.32. The highest BCUT2D eigenvalue weighted by Crippen LogP contribution is 2.13. The molecule has 0 aliphatic heterocycles. The van der Waals surface area contributed by atoms with Crippen LogP contribution >= 0.6 is 0 Å². The van der Waals surface area contributed by atoms with E-state index in [0.29, 0.717) is 5.82 Å². The Kier molecular flexibility index (Phi) is 2.00. The second kappa shape index (κ2) is 3.62. The van der Waals surface area contributed by atoms with E-state index in [0.717, 1.165) is 11.4 Å². The van der Waals surface area contributed by atoms with E-state index in [9.17, 15) is 0 Å². The lowest BCUT2D eigenvalue weighted by atomic mass is 10.3. The molecule has 0 fully saturated rings. The van der Waals surface area contributed by atoms with Crippen molar-refractivity contribution in [3.8, 4) is 17.2 Å². The zero-order valence-corrected chi connectivity index (χ0v) is 8.41. The Morgan fingerprint density at radius 2 is 1.94 bits per heavy atom. The van der Waals surface area contributed by atoms with Crippen molar-refractivity contribution < 1.29 is 0 Å². The number of nitrogens with one attached hydrogen (secondary N) is 1. The minimum Gasteiger partial charge on any atom is -0.326 e. The summed E-state index contributed by atoms with van der Waals surface area (Å²) in [5, 5.41) is 12.0. The molecule has 5 nitrogen and oxygen atoms in total. The Hall–Kier alpha value is -2.43. The minimum atomic E-state index is 0.676. The van der Waals surface area contributed by atoms with Gasteiger partial charge >= 0.3 is 0 Å². The maximum absolute atomic E-state index is 4.41. The summed E-state index contributed by atoms with van der Waals surface area (Å²) in [6, 6.07) is 11.8. The number of hydrogen-bond donors (Lipinski definition) is 1. The van der Waals surface area contributed by atoms with Gasteiger partial charge in [-0.15, -0.1) is 10.2 Å². The van der Waals surface area contributed by atoms with Gasteiger partial charge in [-0.05, 0) is 18.2 Å². The largest absolute Gasteiger partial charge is 0.326 e. The first-order valence-corrected chi connectivity index (χ1v) is 4.91. The molecule has 0 unspecified atom stereocenters. The molecule has 3 rings (SSSR count).